The molecule has 1 atom stereocenters. The molecule has 5 heteroatoms. The number of hydrogen-bond donors (Lipinski definition) is 1. The summed E-state index contributed by atoms with van der Waals surface area (Å²) in [5, 5.41) is 3.22. The number of hydrogen-bond acceptors (Lipinski definition) is 2. The third-order valence-corrected chi connectivity index (χ3v) is 11.1. The van der Waals surface area contributed by atoms with E-state index in [1.54, 1.807) is 0 Å². The Hall–Kier alpha value is -3.67. The van der Waals surface area contributed by atoms with Crippen LogP contribution in [0.4, 0.5) is 0 Å². The molecule has 0 saturated heterocycles. The molecular weight excluding hydrogens is 515 g/mol. The summed E-state index contributed by atoms with van der Waals surface area (Å²) in [7, 11) is -3.46. The van der Waals surface area contributed by atoms with Gasteiger partial charge >= 0.3 is 0 Å². The van der Waals surface area contributed by atoms with Crippen LogP contribution < -0.4 is 5.19 Å². The summed E-state index contributed by atoms with van der Waals surface area (Å²) < 4.78 is 20.6. The molecule has 0 aliphatic rings. The molecule has 1 aromatic heterocycles. The van der Waals surface area contributed by atoms with E-state index < -0.39 is 19.1 Å². The van der Waals surface area contributed by atoms with Gasteiger partial charge in [-0.3, -0.25) is 0 Å². The minimum absolute atomic E-state index is 0.799. The van der Waals surface area contributed by atoms with Crippen molar-refractivity contribution < 1.29 is 8.63 Å². The maximum Gasteiger partial charge on any atom is 0.276 e. The van der Waals surface area contributed by atoms with E-state index in [-0.39, 0.29) is 0 Å². The molecule has 0 radical (unpaired) electrons. The smallest absolute Gasteiger partial charge is 0.276 e. The van der Waals surface area contributed by atoms with Gasteiger partial charge in [-0.15, -0.1) is 0 Å². The lowest BCUT2D eigenvalue weighted by molar-refractivity contribution is 0.402. The maximum atomic E-state index is 13.6. The predicted molar refractivity (Wildman–Crippen MR) is 166 cm³/mol. The minimum Gasteiger partial charge on any atom is -0.542 e. The third-order valence-electron chi connectivity index (χ3n) is 7.22. The molecule has 198 valence electrons. The van der Waals surface area contributed by atoms with Gasteiger partial charge in [-0.25, -0.2) is 4.21 Å². The monoisotopic (exact) mass is 549 g/mol. The molecule has 5 aromatic rings. The second-order valence-electron chi connectivity index (χ2n) is 10.3. The largest absolute Gasteiger partial charge is 0.542 e. The number of fused-ring (bicyclic) bond motifs is 1. The van der Waals surface area contributed by atoms with Gasteiger partial charge in [-0.1, -0.05) is 97.1 Å². The van der Waals surface area contributed by atoms with Crippen molar-refractivity contribution in [3.8, 4) is 0 Å². The molecular formula is C34H35NO2SSi. The van der Waals surface area contributed by atoms with Crippen molar-refractivity contribution in [2.45, 2.75) is 49.2 Å². The molecule has 0 amide bonds. The van der Waals surface area contributed by atoms with Crippen molar-refractivity contribution in [1.82, 2.24) is 4.98 Å². The van der Waals surface area contributed by atoms with Crippen LogP contribution >= 0.6 is 0 Å². The first kappa shape index (κ1) is 26.9. The van der Waals surface area contributed by atoms with Crippen LogP contribution in [0.25, 0.3) is 16.5 Å². The number of benzene rings is 4. The zero-order chi connectivity index (χ0) is 27.2. The topological polar surface area (TPSA) is 42.1 Å². The fraction of sp³-hybridized carbons (Fsp3) is 0.176. The standard InChI is InChI=1S/C34H35NO2SSi/c1-26(27-16-7-4-8-17-27)33(37-39(2,3)29-20-11-6-12-21-29)25-15-23-31-30-22-13-14-24-32(30)35-34(31)38(36)28-18-9-5-10-19-28/h4-14,16-22,24,35H,15,23,25H2,1-3H3/b33-26-. The molecule has 0 spiro atoms. The minimum atomic E-state index is -2.18. The summed E-state index contributed by atoms with van der Waals surface area (Å²) in [5.74, 6) is 1.05. The molecule has 1 heterocycles. The molecule has 4 aromatic carbocycles. The van der Waals surface area contributed by atoms with Crippen molar-refractivity contribution in [3.05, 3.63) is 132 Å². The van der Waals surface area contributed by atoms with E-state index in [9.17, 15) is 4.21 Å². The molecule has 5 rings (SSSR count). The summed E-state index contributed by atoms with van der Waals surface area (Å²) in [6.45, 7) is 6.70. The Morgan fingerprint density at radius 2 is 1.38 bits per heavy atom. The van der Waals surface area contributed by atoms with E-state index in [0.717, 1.165) is 51.4 Å². The molecule has 0 aliphatic heterocycles. The van der Waals surface area contributed by atoms with Crippen LogP contribution in [0.3, 0.4) is 0 Å². The molecule has 0 fully saturated rings. The normalized spacial score (nSPS) is 13.2. The van der Waals surface area contributed by atoms with Crippen molar-refractivity contribution in [1.29, 1.82) is 0 Å². The molecule has 0 saturated carbocycles. The molecule has 3 nitrogen and oxygen atoms in total. The average Bonchev–Trinajstić information content (AvgIpc) is 3.35. The molecule has 0 bridgehead atoms. The van der Waals surface area contributed by atoms with E-state index in [4.69, 9.17) is 4.43 Å². The van der Waals surface area contributed by atoms with Gasteiger partial charge in [0, 0.05) is 22.2 Å². The van der Waals surface area contributed by atoms with Gasteiger partial charge < -0.3 is 9.41 Å². The van der Waals surface area contributed by atoms with Crippen molar-refractivity contribution in [2.24, 2.45) is 0 Å². The number of aromatic amines is 1. The summed E-state index contributed by atoms with van der Waals surface area (Å²) in [6.07, 6.45) is 2.50. The van der Waals surface area contributed by atoms with E-state index in [1.165, 1.54) is 16.3 Å². The van der Waals surface area contributed by atoms with Crippen LogP contribution in [0.2, 0.25) is 13.1 Å². The van der Waals surface area contributed by atoms with Crippen molar-refractivity contribution >= 4 is 40.8 Å². The van der Waals surface area contributed by atoms with Crippen LogP contribution in [0.1, 0.15) is 30.9 Å². The number of rotatable bonds is 10. The first-order chi connectivity index (χ1) is 18.9. The van der Waals surface area contributed by atoms with Crippen LogP contribution in [-0.2, 0) is 21.6 Å². The van der Waals surface area contributed by atoms with Gasteiger partial charge in [0.15, 0.2) is 0 Å². The highest BCUT2D eigenvalue weighted by Crippen LogP contribution is 2.31. The Bertz CT molecular complexity index is 1590. The zero-order valence-electron chi connectivity index (χ0n) is 22.8. The SMILES string of the molecule is C/C(=C(\CCCc1c(S(=O)c2ccccc2)[nH]c2ccccc12)O[Si](C)(C)c1ccccc1)c1ccccc1. The van der Waals surface area contributed by atoms with Crippen LogP contribution in [0.5, 0.6) is 0 Å². The van der Waals surface area contributed by atoms with Gasteiger partial charge in [0.1, 0.15) is 15.8 Å². The summed E-state index contributed by atoms with van der Waals surface area (Å²) in [5.41, 5.74) is 4.52. The number of H-pyrrole nitrogens is 1. The molecule has 39 heavy (non-hydrogen) atoms. The maximum absolute atomic E-state index is 13.6. The lowest BCUT2D eigenvalue weighted by atomic mass is 10.0. The van der Waals surface area contributed by atoms with Crippen molar-refractivity contribution in [3.63, 3.8) is 0 Å². The summed E-state index contributed by atoms with van der Waals surface area (Å²) >= 11 is 0. The van der Waals surface area contributed by atoms with Crippen LogP contribution in [0, 0.1) is 0 Å². The summed E-state index contributed by atoms with van der Waals surface area (Å²) in [6, 6.07) is 39.0. The highest BCUT2D eigenvalue weighted by Gasteiger charge is 2.29. The Morgan fingerprint density at radius 3 is 2.08 bits per heavy atom. The van der Waals surface area contributed by atoms with E-state index >= 15 is 0 Å². The first-order valence-electron chi connectivity index (χ1n) is 13.5. The second-order valence-corrected chi connectivity index (χ2v) is 15.5. The second kappa shape index (κ2) is 12.0. The predicted octanol–water partition coefficient (Wildman–Crippen LogP) is 8.22. The van der Waals surface area contributed by atoms with Crippen LogP contribution in [0.15, 0.2) is 131 Å². The van der Waals surface area contributed by atoms with Crippen LogP contribution in [-0.4, -0.2) is 17.5 Å². The molecule has 1 N–H and O–H groups in total. The first-order valence-corrected chi connectivity index (χ1v) is 17.6. The van der Waals surface area contributed by atoms with Gasteiger partial charge in [0.2, 0.25) is 0 Å². The van der Waals surface area contributed by atoms with E-state index in [2.05, 4.69) is 97.8 Å². The van der Waals surface area contributed by atoms with Gasteiger partial charge in [-0.2, -0.15) is 0 Å². The van der Waals surface area contributed by atoms with E-state index in [0.29, 0.717) is 0 Å². The van der Waals surface area contributed by atoms with Gasteiger partial charge in [0.05, 0.1) is 5.76 Å². The molecule has 1 unspecified atom stereocenters. The fourth-order valence-electron chi connectivity index (χ4n) is 5.04. The summed E-state index contributed by atoms with van der Waals surface area (Å²) in [4.78, 5) is 4.28. The zero-order valence-corrected chi connectivity index (χ0v) is 24.6. The molecule has 0 aliphatic carbocycles. The Labute approximate surface area is 235 Å². The number of para-hydroxylation sites is 1. The Balaban J connectivity index is 1.45. The van der Waals surface area contributed by atoms with E-state index in [1.807, 2.05) is 42.5 Å². The fourth-order valence-corrected chi connectivity index (χ4v) is 8.30. The lowest BCUT2D eigenvalue weighted by Gasteiger charge is -2.28. The number of aromatic nitrogens is 1. The quantitative estimate of drug-likeness (QED) is 0.141. The third kappa shape index (κ3) is 6.16. The van der Waals surface area contributed by atoms with Gasteiger partial charge in [0.25, 0.3) is 8.32 Å². The Kier molecular flexibility index (Phi) is 8.29. The Morgan fingerprint density at radius 1 is 0.795 bits per heavy atom. The lowest BCUT2D eigenvalue weighted by Crippen LogP contribution is -2.44. The highest BCUT2D eigenvalue weighted by molar-refractivity contribution is 7.85. The number of aryl methyl sites for hydroxylation is 1. The number of allylic oxidation sites excluding steroid dienone is 2. The van der Waals surface area contributed by atoms with Crippen molar-refractivity contribution in [2.75, 3.05) is 0 Å². The number of nitrogens with one attached hydrogen (secondary N) is 1. The van der Waals surface area contributed by atoms with Gasteiger partial charge in [-0.05, 0) is 72.9 Å². The highest BCUT2D eigenvalue weighted by atomic mass is 32.2. The average molecular weight is 550 g/mol.